The van der Waals surface area contributed by atoms with E-state index in [2.05, 4.69) is 14.5 Å². The van der Waals surface area contributed by atoms with Crippen molar-refractivity contribution in [2.75, 3.05) is 13.7 Å². The Balaban J connectivity index is 2.23. The largest absolute Gasteiger partial charge is 0.469 e. The van der Waals surface area contributed by atoms with E-state index >= 15 is 0 Å². The second-order valence-electron chi connectivity index (χ2n) is 3.66. The highest BCUT2D eigenvalue weighted by molar-refractivity contribution is 7.90. The molecule has 1 aromatic carbocycles. The van der Waals surface area contributed by atoms with Gasteiger partial charge in [-0.2, -0.15) is 0 Å². The van der Waals surface area contributed by atoms with Gasteiger partial charge in [0.2, 0.25) is 0 Å². The van der Waals surface area contributed by atoms with Crippen LogP contribution in [0.25, 0.3) is 0 Å². The number of carbonyl (C=O) groups is 1. The number of benzene rings is 1. The molecule has 1 N–H and O–H groups in total. The molecule has 0 aliphatic carbocycles. The van der Waals surface area contributed by atoms with Crippen molar-refractivity contribution in [1.82, 2.24) is 4.72 Å². The number of nitrogens with zero attached hydrogens (tertiary/aromatic N) is 1. The Morgan fingerprint density at radius 1 is 1.39 bits per heavy atom. The molecule has 1 aliphatic heterocycles. The Morgan fingerprint density at radius 2 is 2.11 bits per heavy atom. The van der Waals surface area contributed by atoms with Crippen molar-refractivity contribution in [2.24, 2.45) is 4.99 Å². The van der Waals surface area contributed by atoms with Crippen LogP contribution in [0.4, 0.5) is 0 Å². The second kappa shape index (κ2) is 4.77. The van der Waals surface area contributed by atoms with Crippen LogP contribution in [0.5, 0.6) is 0 Å². The van der Waals surface area contributed by atoms with E-state index in [4.69, 9.17) is 0 Å². The molecule has 0 radical (unpaired) electrons. The van der Waals surface area contributed by atoms with E-state index in [0.29, 0.717) is 5.56 Å². The first-order valence-corrected chi connectivity index (χ1v) is 6.76. The summed E-state index contributed by atoms with van der Waals surface area (Å²) in [6.07, 6.45) is 0.115. The molecule has 6 nitrogen and oxygen atoms in total. The number of aliphatic imine (C=N–C) groups is 1. The van der Waals surface area contributed by atoms with E-state index in [9.17, 15) is 13.2 Å². The lowest BCUT2D eigenvalue weighted by atomic mass is 10.2. The molecule has 0 bridgehead atoms. The predicted molar refractivity (Wildman–Crippen MR) is 64.8 cm³/mol. The number of carbonyl (C=O) groups excluding carboxylic acids is 1. The fraction of sp³-hybridized carbons (Fsp3) is 0.273. The lowest BCUT2D eigenvalue weighted by Crippen LogP contribution is -2.22. The molecule has 0 fully saturated rings. The van der Waals surface area contributed by atoms with Gasteiger partial charge in [-0.3, -0.25) is 14.5 Å². The van der Waals surface area contributed by atoms with Crippen LogP contribution >= 0.6 is 0 Å². The van der Waals surface area contributed by atoms with Crippen LogP contribution in [0.2, 0.25) is 0 Å². The number of methoxy groups -OCH3 is 1. The van der Waals surface area contributed by atoms with Crippen molar-refractivity contribution in [1.29, 1.82) is 0 Å². The summed E-state index contributed by atoms with van der Waals surface area (Å²) in [4.78, 5) is 15.2. The summed E-state index contributed by atoms with van der Waals surface area (Å²) < 4.78 is 30.3. The topological polar surface area (TPSA) is 84.8 Å². The van der Waals surface area contributed by atoms with Gasteiger partial charge in [-0.15, -0.1) is 0 Å². The first kappa shape index (κ1) is 12.6. The third-order valence-electron chi connectivity index (χ3n) is 2.48. The van der Waals surface area contributed by atoms with Crippen molar-refractivity contribution in [3.05, 3.63) is 29.8 Å². The summed E-state index contributed by atoms with van der Waals surface area (Å²) in [5.74, 6) is -0.108. The summed E-state index contributed by atoms with van der Waals surface area (Å²) in [6, 6.07) is 6.57. The monoisotopic (exact) mass is 268 g/mol. The van der Waals surface area contributed by atoms with Crippen molar-refractivity contribution < 1.29 is 17.9 Å². The van der Waals surface area contributed by atoms with Gasteiger partial charge in [0.1, 0.15) is 5.84 Å². The van der Waals surface area contributed by atoms with Crippen LogP contribution < -0.4 is 4.72 Å². The third-order valence-corrected chi connectivity index (χ3v) is 3.87. The number of esters is 1. The van der Waals surface area contributed by atoms with Crippen LogP contribution in [-0.2, 0) is 19.6 Å². The molecule has 1 aliphatic rings. The minimum absolute atomic E-state index is 0.115. The van der Waals surface area contributed by atoms with Gasteiger partial charge < -0.3 is 4.74 Å². The quantitative estimate of drug-likeness (QED) is 0.798. The first-order valence-electron chi connectivity index (χ1n) is 5.28. The van der Waals surface area contributed by atoms with E-state index in [1.807, 2.05) is 0 Å². The molecular formula is C11H12N2O4S. The Bertz CT molecular complexity index is 607. The maximum atomic E-state index is 11.7. The summed E-state index contributed by atoms with van der Waals surface area (Å²) in [7, 11) is -2.21. The van der Waals surface area contributed by atoms with Crippen LogP contribution in [0.1, 0.15) is 12.0 Å². The highest BCUT2D eigenvalue weighted by Crippen LogP contribution is 2.21. The molecule has 2 rings (SSSR count). The number of rotatable bonds is 3. The predicted octanol–water partition coefficient (Wildman–Crippen LogP) is 0.288. The fourth-order valence-electron chi connectivity index (χ4n) is 1.61. The zero-order chi connectivity index (χ0) is 13.2. The molecule has 96 valence electrons. The molecule has 1 aromatic rings. The third kappa shape index (κ3) is 2.35. The molecular weight excluding hydrogens is 256 g/mol. The minimum atomic E-state index is -3.51. The Morgan fingerprint density at radius 3 is 2.83 bits per heavy atom. The first-order chi connectivity index (χ1) is 8.54. The van der Waals surface area contributed by atoms with Crippen LogP contribution in [0.3, 0.4) is 0 Å². The Kier molecular flexibility index (Phi) is 3.33. The van der Waals surface area contributed by atoms with Crippen molar-refractivity contribution >= 4 is 21.8 Å². The van der Waals surface area contributed by atoms with E-state index in [1.165, 1.54) is 13.2 Å². The molecule has 0 saturated carbocycles. The van der Waals surface area contributed by atoms with Gasteiger partial charge in [-0.1, -0.05) is 12.1 Å². The summed E-state index contributed by atoms with van der Waals surface area (Å²) in [5.41, 5.74) is 0.530. The van der Waals surface area contributed by atoms with E-state index in [-0.39, 0.29) is 29.7 Å². The lowest BCUT2D eigenvalue weighted by molar-refractivity contribution is -0.140. The van der Waals surface area contributed by atoms with Crippen LogP contribution in [0, 0.1) is 0 Å². The zero-order valence-electron chi connectivity index (χ0n) is 9.71. The highest BCUT2D eigenvalue weighted by atomic mass is 32.2. The standard InChI is InChI=1S/C11H12N2O4S/c1-17-10(14)6-7-12-11-8-4-2-3-5-9(8)18(15,16)13-11/h2-5H,6-7H2,1H3,(H,12,13). The van der Waals surface area contributed by atoms with E-state index in [0.717, 1.165) is 0 Å². The lowest BCUT2D eigenvalue weighted by Gasteiger charge is -1.98. The van der Waals surface area contributed by atoms with E-state index < -0.39 is 10.0 Å². The van der Waals surface area contributed by atoms with Gasteiger partial charge >= 0.3 is 5.97 Å². The molecule has 0 spiro atoms. The fourth-order valence-corrected chi connectivity index (χ4v) is 2.86. The van der Waals surface area contributed by atoms with Gasteiger partial charge in [-0.25, -0.2) is 8.42 Å². The van der Waals surface area contributed by atoms with Gasteiger partial charge in [-0.05, 0) is 12.1 Å². The molecule has 0 saturated heterocycles. The SMILES string of the molecule is COC(=O)CCN=C1NS(=O)(=O)c2ccccc21. The molecule has 0 unspecified atom stereocenters. The van der Waals surface area contributed by atoms with Gasteiger partial charge in [0.05, 0.1) is 25.0 Å². The second-order valence-corrected chi connectivity index (χ2v) is 5.31. The van der Waals surface area contributed by atoms with Crippen LogP contribution in [0.15, 0.2) is 34.2 Å². The summed E-state index contributed by atoms with van der Waals surface area (Å²) >= 11 is 0. The maximum absolute atomic E-state index is 11.7. The Hall–Kier alpha value is -1.89. The van der Waals surface area contributed by atoms with Crippen LogP contribution in [-0.4, -0.2) is 33.9 Å². The normalized spacial score (nSPS) is 18.2. The number of fused-ring (bicyclic) bond motifs is 1. The number of sulfonamides is 1. The number of nitrogens with one attached hydrogen (secondary N) is 1. The molecule has 0 atom stereocenters. The number of amidine groups is 1. The maximum Gasteiger partial charge on any atom is 0.307 e. The zero-order valence-corrected chi connectivity index (χ0v) is 10.5. The molecule has 18 heavy (non-hydrogen) atoms. The van der Waals surface area contributed by atoms with Gasteiger partial charge in [0, 0.05) is 5.56 Å². The number of hydrogen-bond donors (Lipinski definition) is 1. The smallest absolute Gasteiger partial charge is 0.307 e. The Labute approximate surface area is 105 Å². The average Bonchev–Trinajstić information content (AvgIpc) is 2.62. The van der Waals surface area contributed by atoms with Crippen molar-refractivity contribution in [3.63, 3.8) is 0 Å². The molecule has 7 heteroatoms. The summed E-state index contributed by atoms with van der Waals surface area (Å²) in [6.45, 7) is 0.179. The average molecular weight is 268 g/mol. The summed E-state index contributed by atoms with van der Waals surface area (Å²) in [5, 5.41) is 0. The van der Waals surface area contributed by atoms with Gasteiger partial charge in [0.25, 0.3) is 10.0 Å². The molecule has 0 aromatic heterocycles. The number of ether oxygens (including phenoxy) is 1. The number of hydrogen-bond acceptors (Lipinski definition) is 5. The van der Waals surface area contributed by atoms with Gasteiger partial charge in [0.15, 0.2) is 0 Å². The molecule has 1 heterocycles. The van der Waals surface area contributed by atoms with Crippen molar-refractivity contribution in [2.45, 2.75) is 11.3 Å². The highest BCUT2D eigenvalue weighted by Gasteiger charge is 2.29. The van der Waals surface area contributed by atoms with Crippen molar-refractivity contribution in [3.8, 4) is 0 Å². The minimum Gasteiger partial charge on any atom is -0.469 e. The molecule has 0 amide bonds. The van der Waals surface area contributed by atoms with E-state index in [1.54, 1.807) is 18.2 Å².